The van der Waals surface area contributed by atoms with Crippen LogP contribution in [0.4, 0.5) is 5.69 Å². The lowest BCUT2D eigenvalue weighted by molar-refractivity contribution is 0.0618. The van der Waals surface area contributed by atoms with Crippen LogP contribution in [0.5, 0.6) is 0 Å². The molecule has 2 rings (SSSR count). The Morgan fingerprint density at radius 3 is 2.67 bits per heavy atom. The number of nitrogens with zero attached hydrogens (tertiary/aromatic N) is 4. The van der Waals surface area contributed by atoms with E-state index in [1.807, 2.05) is 18.5 Å². The predicted octanol–water partition coefficient (Wildman–Crippen LogP) is 0.469. The zero-order chi connectivity index (χ0) is 15.6. The number of likely N-dealkylation sites (N-methyl/N-ethyl adjacent to an activating group) is 1. The monoisotopic (exact) mass is 295 g/mol. The fourth-order valence-electron chi connectivity index (χ4n) is 3.06. The quantitative estimate of drug-likeness (QED) is 0.826. The van der Waals surface area contributed by atoms with E-state index < -0.39 is 6.10 Å². The molecule has 2 unspecified atom stereocenters. The van der Waals surface area contributed by atoms with Gasteiger partial charge in [-0.15, -0.1) is 0 Å². The van der Waals surface area contributed by atoms with E-state index in [1.165, 1.54) is 12.8 Å². The van der Waals surface area contributed by atoms with Gasteiger partial charge in [0.25, 0.3) is 0 Å². The lowest BCUT2D eigenvalue weighted by atomic mass is 10.0. The molecule has 3 N–H and O–H groups in total. The van der Waals surface area contributed by atoms with Gasteiger partial charge in [-0.2, -0.15) is 5.10 Å². The van der Waals surface area contributed by atoms with Crippen molar-refractivity contribution in [1.29, 1.82) is 0 Å². The Kier molecular flexibility index (Phi) is 5.24. The second kappa shape index (κ2) is 6.77. The van der Waals surface area contributed by atoms with Crippen molar-refractivity contribution in [2.45, 2.75) is 45.4 Å². The maximum Gasteiger partial charge on any atom is 0.0862 e. The van der Waals surface area contributed by atoms with Crippen LogP contribution in [0.3, 0.4) is 0 Å². The fourth-order valence-corrected chi connectivity index (χ4v) is 3.06. The summed E-state index contributed by atoms with van der Waals surface area (Å²) in [5, 5.41) is 14.7. The lowest BCUT2D eigenvalue weighted by Gasteiger charge is -2.37. The van der Waals surface area contributed by atoms with E-state index in [2.05, 4.69) is 29.0 Å². The van der Waals surface area contributed by atoms with Gasteiger partial charge in [0, 0.05) is 19.1 Å². The molecule has 0 spiro atoms. The highest BCUT2D eigenvalue weighted by Crippen LogP contribution is 2.17. The van der Waals surface area contributed by atoms with Gasteiger partial charge in [0.2, 0.25) is 0 Å². The summed E-state index contributed by atoms with van der Waals surface area (Å²) in [7, 11) is 4.26. The van der Waals surface area contributed by atoms with E-state index >= 15 is 0 Å². The van der Waals surface area contributed by atoms with Crippen LogP contribution in [0.15, 0.2) is 0 Å². The number of piperidine rings is 1. The summed E-state index contributed by atoms with van der Waals surface area (Å²) in [6, 6.07) is 0.593. The third kappa shape index (κ3) is 3.96. The Morgan fingerprint density at radius 2 is 2.10 bits per heavy atom. The molecule has 1 aromatic rings. The fraction of sp³-hybridized carbons (Fsp3) is 0.800. The molecule has 0 bridgehead atoms. The van der Waals surface area contributed by atoms with E-state index in [9.17, 15) is 5.11 Å². The van der Waals surface area contributed by atoms with E-state index in [0.717, 1.165) is 30.2 Å². The molecular formula is C15H29N5O. The van der Waals surface area contributed by atoms with Gasteiger partial charge in [0.1, 0.15) is 0 Å². The minimum Gasteiger partial charge on any atom is -0.396 e. The van der Waals surface area contributed by atoms with Crippen molar-refractivity contribution >= 4 is 5.69 Å². The standard InChI is InChI=1S/C15H29N5O/c1-11-15(16)12(2)20(17-11)10-14(21)9-19-7-5-6-13(8-19)18(3)4/h13-14,21H,5-10,16H2,1-4H3. The summed E-state index contributed by atoms with van der Waals surface area (Å²) >= 11 is 0. The van der Waals surface area contributed by atoms with Gasteiger partial charge in [0.15, 0.2) is 0 Å². The number of likely N-dealkylation sites (tertiary alicyclic amines) is 1. The van der Waals surface area contributed by atoms with Crippen LogP contribution < -0.4 is 5.73 Å². The lowest BCUT2D eigenvalue weighted by Crippen LogP contribution is -2.47. The smallest absolute Gasteiger partial charge is 0.0862 e. The number of hydrogen-bond donors (Lipinski definition) is 2. The summed E-state index contributed by atoms with van der Waals surface area (Å²) in [6.07, 6.45) is 2.03. The molecule has 2 atom stereocenters. The normalized spacial score (nSPS) is 21.9. The summed E-state index contributed by atoms with van der Waals surface area (Å²) in [5.41, 5.74) is 8.44. The number of nitrogens with two attached hydrogens (primary N) is 1. The summed E-state index contributed by atoms with van der Waals surface area (Å²) in [4.78, 5) is 4.63. The van der Waals surface area contributed by atoms with Crippen LogP contribution in [0.25, 0.3) is 0 Å². The molecule has 1 saturated heterocycles. The van der Waals surface area contributed by atoms with Gasteiger partial charge in [-0.1, -0.05) is 0 Å². The number of anilines is 1. The Labute approximate surface area is 127 Å². The molecular weight excluding hydrogens is 266 g/mol. The van der Waals surface area contributed by atoms with Crippen LogP contribution in [0.2, 0.25) is 0 Å². The molecule has 2 heterocycles. The minimum absolute atomic E-state index is 0.414. The topological polar surface area (TPSA) is 70.5 Å². The van der Waals surface area contributed by atoms with Gasteiger partial charge in [-0.3, -0.25) is 9.58 Å². The first-order valence-corrected chi connectivity index (χ1v) is 7.74. The highest BCUT2D eigenvalue weighted by Gasteiger charge is 2.23. The van der Waals surface area contributed by atoms with Gasteiger partial charge in [-0.05, 0) is 47.3 Å². The Hall–Kier alpha value is -1.11. The van der Waals surface area contributed by atoms with E-state index in [4.69, 9.17) is 5.73 Å². The zero-order valence-electron chi connectivity index (χ0n) is 13.7. The van der Waals surface area contributed by atoms with Gasteiger partial charge in [0.05, 0.1) is 29.7 Å². The number of aromatic nitrogens is 2. The van der Waals surface area contributed by atoms with E-state index in [-0.39, 0.29) is 0 Å². The molecule has 120 valence electrons. The number of aryl methyl sites for hydroxylation is 1. The first kappa shape index (κ1) is 16.3. The molecule has 0 amide bonds. The number of β-amino-alcohol motifs (C(OH)–C–C–N with tert-alkyl or cyclic N) is 1. The number of hydrogen-bond acceptors (Lipinski definition) is 5. The number of nitrogen functional groups attached to an aromatic ring is 1. The second-order valence-corrected chi connectivity index (χ2v) is 6.44. The predicted molar refractivity (Wildman–Crippen MR) is 85.3 cm³/mol. The zero-order valence-corrected chi connectivity index (χ0v) is 13.7. The maximum absolute atomic E-state index is 10.3. The molecule has 1 aliphatic heterocycles. The van der Waals surface area contributed by atoms with Crippen molar-refractivity contribution in [3.05, 3.63) is 11.4 Å². The molecule has 1 fully saturated rings. The van der Waals surface area contributed by atoms with Crippen LogP contribution in [-0.4, -0.2) is 70.6 Å². The Bertz CT molecular complexity index is 471. The summed E-state index contributed by atoms with van der Waals surface area (Å²) in [6.45, 7) is 7.15. The van der Waals surface area contributed by atoms with Crippen LogP contribution in [0, 0.1) is 13.8 Å². The Morgan fingerprint density at radius 1 is 1.38 bits per heavy atom. The van der Waals surface area contributed by atoms with Crippen LogP contribution in [0.1, 0.15) is 24.2 Å². The maximum atomic E-state index is 10.3. The largest absolute Gasteiger partial charge is 0.396 e. The van der Waals surface area contributed by atoms with Crippen molar-refractivity contribution in [1.82, 2.24) is 19.6 Å². The highest BCUT2D eigenvalue weighted by molar-refractivity contribution is 5.46. The first-order valence-electron chi connectivity index (χ1n) is 7.74. The molecule has 0 aliphatic carbocycles. The molecule has 6 heteroatoms. The van der Waals surface area contributed by atoms with E-state index in [0.29, 0.717) is 19.1 Å². The van der Waals surface area contributed by atoms with Crippen LogP contribution in [-0.2, 0) is 6.54 Å². The van der Waals surface area contributed by atoms with Crippen molar-refractivity contribution in [3.8, 4) is 0 Å². The molecule has 6 nitrogen and oxygen atoms in total. The van der Waals surface area contributed by atoms with Crippen molar-refractivity contribution in [2.24, 2.45) is 0 Å². The van der Waals surface area contributed by atoms with E-state index in [1.54, 1.807) is 0 Å². The number of aliphatic hydroxyl groups excluding tert-OH is 1. The molecule has 1 aliphatic rings. The average Bonchev–Trinajstić information content (AvgIpc) is 2.66. The number of rotatable bonds is 5. The Balaban J connectivity index is 1.89. The second-order valence-electron chi connectivity index (χ2n) is 6.44. The van der Waals surface area contributed by atoms with Crippen molar-refractivity contribution < 1.29 is 5.11 Å². The SMILES string of the molecule is Cc1nn(CC(O)CN2CCCC(N(C)C)C2)c(C)c1N. The van der Waals surface area contributed by atoms with Gasteiger partial charge >= 0.3 is 0 Å². The number of aliphatic hydroxyl groups is 1. The van der Waals surface area contributed by atoms with Gasteiger partial charge < -0.3 is 15.7 Å². The highest BCUT2D eigenvalue weighted by atomic mass is 16.3. The molecule has 0 radical (unpaired) electrons. The molecule has 1 aromatic heterocycles. The van der Waals surface area contributed by atoms with Crippen molar-refractivity contribution in [2.75, 3.05) is 39.5 Å². The molecule has 0 aromatic carbocycles. The summed E-state index contributed by atoms with van der Waals surface area (Å²) < 4.78 is 1.82. The molecule has 21 heavy (non-hydrogen) atoms. The minimum atomic E-state index is -0.414. The van der Waals surface area contributed by atoms with Gasteiger partial charge in [-0.25, -0.2) is 0 Å². The average molecular weight is 295 g/mol. The first-order chi connectivity index (χ1) is 9.88. The third-order valence-corrected chi connectivity index (χ3v) is 4.50. The summed E-state index contributed by atoms with van der Waals surface area (Å²) in [5.74, 6) is 0. The third-order valence-electron chi connectivity index (χ3n) is 4.50. The van der Waals surface area contributed by atoms with Crippen molar-refractivity contribution in [3.63, 3.8) is 0 Å². The van der Waals surface area contributed by atoms with Crippen LogP contribution >= 0.6 is 0 Å². The molecule has 0 saturated carbocycles.